The predicted molar refractivity (Wildman–Crippen MR) is 117 cm³/mol. The van der Waals surface area contributed by atoms with Crippen LogP contribution >= 0.6 is 11.6 Å². The summed E-state index contributed by atoms with van der Waals surface area (Å²) in [7, 11) is 3.21. The first kappa shape index (κ1) is 19.4. The number of anilines is 4. The summed E-state index contributed by atoms with van der Waals surface area (Å²) in [6.45, 7) is 1.56. The summed E-state index contributed by atoms with van der Waals surface area (Å²) in [4.78, 5) is 11.6. The van der Waals surface area contributed by atoms with Crippen LogP contribution in [-0.2, 0) is 0 Å². The van der Waals surface area contributed by atoms with Gasteiger partial charge in [-0.3, -0.25) is 0 Å². The average molecular weight is 415 g/mol. The predicted octanol–water partition coefficient (Wildman–Crippen LogP) is 3.16. The molecular weight excluding hydrogens is 392 g/mol. The Morgan fingerprint density at radius 3 is 2.55 bits per heavy atom. The Hall–Kier alpha value is -2.97. The number of methoxy groups -OCH3 is 2. The quantitative estimate of drug-likeness (QED) is 0.546. The molecular formula is C20H23ClN6O2. The number of nitrogens with two attached hydrogens (primary N) is 2. The molecule has 8 nitrogen and oxygen atoms in total. The Morgan fingerprint density at radius 1 is 1.14 bits per heavy atom. The van der Waals surface area contributed by atoms with Gasteiger partial charge in [0.25, 0.3) is 0 Å². The van der Waals surface area contributed by atoms with E-state index in [9.17, 15) is 0 Å². The monoisotopic (exact) mass is 414 g/mol. The van der Waals surface area contributed by atoms with Crippen LogP contribution in [0.15, 0.2) is 30.3 Å². The molecule has 0 radical (unpaired) electrons. The van der Waals surface area contributed by atoms with Crippen molar-refractivity contribution in [1.82, 2.24) is 9.97 Å². The van der Waals surface area contributed by atoms with Crippen LogP contribution in [0.5, 0.6) is 11.5 Å². The molecule has 4 rings (SSSR count). The SMILES string of the molecule is COc1cc2nc(Nc3ccc(Cl)c(N)c3)nc(N3CCC(N)C3)c2cc1OC. The van der Waals surface area contributed by atoms with E-state index in [-0.39, 0.29) is 6.04 Å². The van der Waals surface area contributed by atoms with Crippen molar-refractivity contribution in [3.05, 3.63) is 35.4 Å². The molecule has 1 atom stereocenters. The van der Waals surface area contributed by atoms with Crippen LogP contribution in [0.1, 0.15) is 6.42 Å². The van der Waals surface area contributed by atoms with E-state index in [1.807, 2.05) is 18.2 Å². The number of rotatable bonds is 5. The summed E-state index contributed by atoms with van der Waals surface area (Å²) < 4.78 is 10.9. The number of nitrogen functional groups attached to an aromatic ring is 1. The highest BCUT2D eigenvalue weighted by Crippen LogP contribution is 2.37. The molecule has 1 unspecified atom stereocenters. The normalized spacial score (nSPS) is 16.3. The van der Waals surface area contributed by atoms with Crippen LogP contribution in [0.2, 0.25) is 5.02 Å². The molecule has 2 aromatic carbocycles. The Balaban J connectivity index is 1.83. The number of ether oxygens (including phenoxy) is 2. The molecule has 29 heavy (non-hydrogen) atoms. The fourth-order valence-corrected chi connectivity index (χ4v) is 3.58. The van der Waals surface area contributed by atoms with Crippen molar-refractivity contribution in [1.29, 1.82) is 0 Å². The Morgan fingerprint density at radius 2 is 1.90 bits per heavy atom. The number of halogens is 1. The van der Waals surface area contributed by atoms with Crippen molar-refractivity contribution in [3.8, 4) is 11.5 Å². The molecule has 1 saturated heterocycles. The minimum absolute atomic E-state index is 0.118. The lowest BCUT2D eigenvalue weighted by atomic mass is 10.2. The molecule has 1 aromatic heterocycles. The van der Waals surface area contributed by atoms with Crippen LogP contribution < -0.4 is 31.2 Å². The molecule has 2 heterocycles. The minimum atomic E-state index is 0.118. The molecule has 0 aliphatic carbocycles. The second kappa shape index (κ2) is 7.81. The zero-order valence-electron chi connectivity index (χ0n) is 16.3. The van der Waals surface area contributed by atoms with Gasteiger partial charge in [0.1, 0.15) is 5.82 Å². The Kier molecular flexibility index (Phi) is 5.21. The van der Waals surface area contributed by atoms with E-state index < -0.39 is 0 Å². The number of hydrogen-bond donors (Lipinski definition) is 3. The zero-order chi connectivity index (χ0) is 20.5. The summed E-state index contributed by atoms with van der Waals surface area (Å²) in [5.41, 5.74) is 14.0. The van der Waals surface area contributed by atoms with Gasteiger partial charge in [0, 0.05) is 36.3 Å². The fourth-order valence-electron chi connectivity index (χ4n) is 3.47. The summed E-state index contributed by atoms with van der Waals surface area (Å²) in [6, 6.07) is 9.16. The molecule has 5 N–H and O–H groups in total. The number of benzene rings is 2. The smallest absolute Gasteiger partial charge is 0.229 e. The minimum Gasteiger partial charge on any atom is -0.493 e. The Bertz CT molecular complexity index is 1060. The highest BCUT2D eigenvalue weighted by molar-refractivity contribution is 6.33. The van der Waals surface area contributed by atoms with Gasteiger partial charge in [-0.25, -0.2) is 4.98 Å². The summed E-state index contributed by atoms with van der Waals surface area (Å²) in [6.07, 6.45) is 0.912. The molecule has 0 saturated carbocycles. The molecule has 1 fully saturated rings. The van der Waals surface area contributed by atoms with E-state index >= 15 is 0 Å². The van der Waals surface area contributed by atoms with Crippen LogP contribution in [-0.4, -0.2) is 43.3 Å². The zero-order valence-corrected chi connectivity index (χ0v) is 17.0. The average Bonchev–Trinajstić information content (AvgIpc) is 3.15. The first-order valence-corrected chi connectivity index (χ1v) is 9.62. The number of aromatic nitrogens is 2. The van der Waals surface area contributed by atoms with E-state index in [1.54, 1.807) is 26.4 Å². The van der Waals surface area contributed by atoms with E-state index in [0.717, 1.165) is 41.9 Å². The first-order valence-electron chi connectivity index (χ1n) is 9.25. The molecule has 0 amide bonds. The van der Waals surface area contributed by atoms with Gasteiger partial charge in [-0.2, -0.15) is 4.98 Å². The second-order valence-corrected chi connectivity index (χ2v) is 7.36. The van der Waals surface area contributed by atoms with Gasteiger partial charge in [-0.05, 0) is 30.7 Å². The van der Waals surface area contributed by atoms with Gasteiger partial charge in [0.05, 0.1) is 30.4 Å². The molecule has 9 heteroatoms. The lowest BCUT2D eigenvalue weighted by molar-refractivity contribution is 0.356. The van der Waals surface area contributed by atoms with Gasteiger partial charge >= 0.3 is 0 Å². The molecule has 1 aliphatic rings. The standard InChI is InChI=1S/C20H23ClN6O2/c1-28-17-8-13-16(9-18(17)29-2)25-20(24-12-3-4-14(21)15(23)7-12)26-19(13)27-6-5-11(22)10-27/h3-4,7-9,11H,5-6,10,22-23H2,1-2H3,(H,24,25,26). The van der Waals surface area contributed by atoms with Crippen LogP contribution in [0, 0.1) is 0 Å². The third-order valence-corrected chi connectivity index (χ3v) is 5.30. The topological polar surface area (TPSA) is 112 Å². The van der Waals surface area contributed by atoms with E-state index in [4.69, 9.17) is 37.5 Å². The van der Waals surface area contributed by atoms with E-state index in [0.29, 0.717) is 28.2 Å². The third kappa shape index (κ3) is 3.81. The molecule has 0 bridgehead atoms. The third-order valence-electron chi connectivity index (χ3n) is 4.96. The maximum Gasteiger partial charge on any atom is 0.229 e. The van der Waals surface area contributed by atoms with Gasteiger partial charge in [0.15, 0.2) is 11.5 Å². The highest BCUT2D eigenvalue weighted by Gasteiger charge is 2.24. The van der Waals surface area contributed by atoms with E-state index in [1.165, 1.54) is 0 Å². The van der Waals surface area contributed by atoms with Crippen molar-refractivity contribution in [2.24, 2.45) is 5.73 Å². The largest absolute Gasteiger partial charge is 0.493 e. The van der Waals surface area contributed by atoms with Gasteiger partial charge in [0.2, 0.25) is 5.95 Å². The van der Waals surface area contributed by atoms with E-state index in [2.05, 4.69) is 15.2 Å². The van der Waals surface area contributed by atoms with Crippen molar-refractivity contribution in [2.45, 2.75) is 12.5 Å². The van der Waals surface area contributed by atoms with Gasteiger partial charge < -0.3 is 31.2 Å². The number of nitrogens with zero attached hydrogens (tertiary/aromatic N) is 3. The molecule has 1 aliphatic heterocycles. The number of hydrogen-bond acceptors (Lipinski definition) is 8. The first-order chi connectivity index (χ1) is 14.0. The van der Waals surface area contributed by atoms with Gasteiger partial charge in [-0.15, -0.1) is 0 Å². The van der Waals surface area contributed by atoms with Gasteiger partial charge in [-0.1, -0.05) is 11.6 Å². The van der Waals surface area contributed by atoms with Crippen LogP contribution in [0.25, 0.3) is 10.9 Å². The maximum absolute atomic E-state index is 6.13. The van der Waals surface area contributed by atoms with Crippen molar-refractivity contribution in [3.63, 3.8) is 0 Å². The highest BCUT2D eigenvalue weighted by atomic mass is 35.5. The lowest BCUT2D eigenvalue weighted by Crippen LogP contribution is -2.27. The molecule has 3 aromatic rings. The lowest BCUT2D eigenvalue weighted by Gasteiger charge is -2.21. The maximum atomic E-state index is 6.13. The summed E-state index contributed by atoms with van der Waals surface area (Å²) >= 11 is 6.02. The van der Waals surface area contributed by atoms with Crippen molar-refractivity contribution < 1.29 is 9.47 Å². The number of nitrogens with one attached hydrogen (secondary N) is 1. The fraction of sp³-hybridized carbons (Fsp3) is 0.300. The van der Waals surface area contributed by atoms with Crippen molar-refractivity contribution in [2.75, 3.05) is 43.3 Å². The molecule has 0 spiro atoms. The summed E-state index contributed by atoms with van der Waals surface area (Å²) in [5, 5.41) is 4.59. The second-order valence-electron chi connectivity index (χ2n) is 6.95. The summed E-state index contributed by atoms with van der Waals surface area (Å²) in [5.74, 6) is 2.47. The molecule has 152 valence electrons. The van der Waals surface area contributed by atoms with Crippen LogP contribution in [0.4, 0.5) is 23.1 Å². The van der Waals surface area contributed by atoms with Crippen molar-refractivity contribution >= 4 is 45.6 Å². The number of fused-ring (bicyclic) bond motifs is 1. The Labute approximate surface area is 173 Å². The van der Waals surface area contributed by atoms with Crippen LogP contribution in [0.3, 0.4) is 0 Å².